The molecule has 1 heterocycles. The SMILES string of the molecule is CCN=C(/C=C/C=C/C=C/C=C1/N(CCCCCC(=O)N[C@H](CCC(=O)O)C(=O)N[C@H](CCC(=O)O)C(=O)N[C@H](CCC(=O)O)C(=O)N[C@H](CCC(=O)O)C(=O)N[C@H](CCC(=O)O)C(=O)NCCOCC)c2ccc(S(=O)(=O)O)cc2C1(C)C)C(C)(C)c1cc(S(=O)O)ccc1C. The fraction of sp³-hybridized carbons (Fsp3) is 0.508. The number of carbonyl (C=O) groups excluding carboxylic acids is 6. The van der Waals surface area contributed by atoms with Gasteiger partial charge in [-0.05, 0) is 125 Å². The van der Waals surface area contributed by atoms with E-state index in [2.05, 4.69) is 31.9 Å². The number of unbranched alkanes of at least 4 members (excludes halogenated alkanes) is 2. The molecule has 6 amide bonds. The quantitative estimate of drug-likeness (QED) is 0.0144. The van der Waals surface area contributed by atoms with Gasteiger partial charge in [-0.2, -0.15) is 8.42 Å². The van der Waals surface area contributed by atoms with Gasteiger partial charge in [0.2, 0.25) is 35.4 Å². The maximum Gasteiger partial charge on any atom is 0.303 e. The van der Waals surface area contributed by atoms with Crippen LogP contribution in [0.2, 0.25) is 0 Å². The first-order valence-corrected chi connectivity index (χ1v) is 33.9. The minimum atomic E-state index is -4.59. The first-order chi connectivity index (χ1) is 45.5. The van der Waals surface area contributed by atoms with E-state index in [-0.39, 0.29) is 35.8 Å². The number of carboxylic acid groups (broad SMARTS) is 5. The molecule has 30 nitrogen and oxygen atoms in total. The van der Waals surface area contributed by atoms with E-state index in [1.165, 1.54) is 12.1 Å². The second-order valence-electron chi connectivity index (χ2n) is 23.6. The van der Waals surface area contributed by atoms with Crippen LogP contribution in [0, 0.1) is 6.92 Å². The monoisotopic (exact) mass is 1400 g/mol. The van der Waals surface area contributed by atoms with Crippen molar-refractivity contribution in [2.24, 2.45) is 4.99 Å². The number of anilines is 1. The first kappa shape index (κ1) is 82.3. The van der Waals surface area contributed by atoms with Gasteiger partial charge in [0.1, 0.15) is 30.2 Å². The Bertz CT molecular complexity index is 3470. The van der Waals surface area contributed by atoms with Crippen LogP contribution in [0.25, 0.3) is 0 Å². The van der Waals surface area contributed by atoms with Crippen molar-refractivity contribution in [1.82, 2.24) is 31.9 Å². The number of nitrogens with one attached hydrogen (secondary N) is 6. The summed E-state index contributed by atoms with van der Waals surface area (Å²) in [5, 5.41) is 61.5. The summed E-state index contributed by atoms with van der Waals surface area (Å²) in [6.45, 7) is 14.4. The van der Waals surface area contributed by atoms with E-state index < -0.39 is 192 Å². The molecular weight excluding hydrogens is 1310 g/mol. The highest BCUT2D eigenvalue weighted by Gasteiger charge is 2.41. The molecule has 2 aromatic carbocycles. The van der Waals surface area contributed by atoms with Crippen LogP contribution in [-0.4, -0.2) is 181 Å². The Balaban J connectivity index is 1.83. The van der Waals surface area contributed by atoms with E-state index in [1.54, 1.807) is 55.5 Å². The highest BCUT2D eigenvalue weighted by molar-refractivity contribution is 7.85. The number of ether oxygens (including phenoxy) is 1. The number of hydrogen-bond donors (Lipinski definition) is 13. The Kier molecular flexibility index (Phi) is 33.8. The van der Waals surface area contributed by atoms with Crippen molar-refractivity contribution in [3.05, 3.63) is 101 Å². The van der Waals surface area contributed by atoms with E-state index >= 15 is 0 Å². The number of aliphatic carboxylic acids is 5. The summed E-state index contributed by atoms with van der Waals surface area (Å²) in [4.78, 5) is 147. The van der Waals surface area contributed by atoms with Gasteiger partial charge in [0.15, 0.2) is 11.1 Å². The minimum absolute atomic E-state index is 0.0485. The van der Waals surface area contributed by atoms with Crippen molar-refractivity contribution < 1.29 is 105 Å². The largest absolute Gasteiger partial charge is 0.481 e. The molecule has 2 aromatic rings. The van der Waals surface area contributed by atoms with Crippen molar-refractivity contribution >= 4 is 97.9 Å². The lowest BCUT2D eigenvalue weighted by Gasteiger charge is -2.28. The highest BCUT2D eigenvalue weighted by atomic mass is 32.2. The number of fused-ring (bicyclic) bond motifs is 1. The summed E-state index contributed by atoms with van der Waals surface area (Å²) >= 11 is -2.17. The second kappa shape index (κ2) is 39.9. The highest BCUT2D eigenvalue weighted by Crippen LogP contribution is 2.48. The average molecular weight is 1400 g/mol. The van der Waals surface area contributed by atoms with Crippen molar-refractivity contribution in [2.75, 3.05) is 37.7 Å². The molecule has 0 fully saturated rings. The van der Waals surface area contributed by atoms with Gasteiger partial charge in [-0.1, -0.05) is 70.6 Å². The van der Waals surface area contributed by atoms with E-state index in [0.717, 1.165) is 22.5 Å². The Morgan fingerprint density at radius 3 is 1.55 bits per heavy atom. The molecule has 1 unspecified atom stereocenters. The second-order valence-corrected chi connectivity index (χ2v) is 26.0. The number of allylic oxidation sites excluding steroid dienone is 8. The van der Waals surface area contributed by atoms with Crippen molar-refractivity contribution in [1.29, 1.82) is 0 Å². The lowest BCUT2D eigenvalue weighted by atomic mass is 9.77. The van der Waals surface area contributed by atoms with Crippen LogP contribution in [0.4, 0.5) is 5.69 Å². The smallest absolute Gasteiger partial charge is 0.303 e. The van der Waals surface area contributed by atoms with E-state index in [4.69, 9.17) is 9.73 Å². The van der Waals surface area contributed by atoms with Gasteiger partial charge in [-0.25, -0.2) is 4.21 Å². The van der Waals surface area contributed by atoms with Gasteiger partial charge < -0.3 is 71.6 Å². The summed E-state index contributed by atoms with van der Waals surface area (Å²) in [6, 6.07) is 0.659. The number of hydrogen-bond acceptors (Lipinski definition) is 17. The number of carbonyl (C=O) groups is 11. The number of amides is 6. The number of aryl methyl sites for hydroxylation is 1. The van der Waals surface area contributed by atoms with E-state index in [9.17, 15) is 100 Å². The molecule has 3 rings (SSSR count). The molecule has 0 spiro atoms. The van der Waals surface area contributed by atoms with Gasteiger partial charge in [0, 0.05) is 92.7 Å². The summed E-state index contributed by atoms with van der Waals surface area (Å²) in [7, 11) is -4.59. The molecule has 97 heavy (non-hydrogen) atoms. The Hall–Kier alpha value is -8.98. The van der Waals surface area contributed by atoms with Crippen LogP contribution < -0.4 is 36.8 Å². The average Bonchev–Trinajstić information content (AvgIpc) is 1.60. The molecule has 0 saturated carbocycles. The molecule has 534 valence electrons. The van der Waals surface area contributed by atoms with Crippen LogP contribution >= 0.6 is 0 Å². The van der Waals surface area contributed by atoms with Gasteiger partial charge in [-0.3, -0.25) is 62.3 Å². The van der Waals surface area contributed by atoms with Crippen molar-refractivity contribution in [3.63, 3.8) is 0 Å². The van der Waals surface area contributed by atoms with Crippen LogP contribution in [0.15, 0.2) is 99.4 Å². The summed E-state index contributed by atoms with van der Waals surface area (Å²) in [6.07, 6.45) is 6.94. The first-order valence-electron chi connectivity index (χ1n) is 31.4. The zero-order valence-electron chi connectivity index (χ0n) is 55.3. The van der Waals surface area contributed by atoms with E-state index in [0.29, 0.717) is 43.8 Å². The number of benzene rings is 2. The molecule has 6 atom stereocenters. The lowest BCUT2D eigenvalue weighted by Crippen LogP contribution is -2.59. The maximum atomic E-state index is 14.0. The van der Waals surface area contributed by atoms with Gasteiger partial charge >= 0.3 is 29.8 Å². The molecule has 13 N–H and O–H groups in total. The zero-order chi connectivity index (χ0) is 72.8. The third kappa shape index (κ3) is 27.6. The molecule has 32 heteroatoms. The van der Waals surface area contributed by atoms with Gasteiger partial charge in [0.25, 0.3) is 10.1 Å². The van der Waals surface area contributed by atoms with Crippen molar-refractivity contribution in [2.45, 2.75) is 189 Å². The fourth-order valence-corrected chi connectivity index (χ4v) is 11.4. The standard InChI is InChI=1S/C65H90N8O22S2/c1-8-66-51(64(4,5)43-38-41(96(90)91)22-21-40(43)3)18-14-11-10-12-15-19-52-65(6,7)44-39-42(97(92,93)94)23-29-50(44)73(52)36-17-13-16-20-53(74)68-46(25-31-55(77)78)60(86)70-48(27-33-57(81)82)62(88)72-49(28-34-58(83)84)63(89)71-47(26-32-56(79)80)61(87)69-45(24-30-54(75)76)59(85)67-35-37-95-9-2/h10-12,14-15,18-19,21-23,29,38-39,45-49H,8-9,13,16-17,20,24-28,30-37H2,1-7H3,(H,67,85)(H,68,74)(H,69,87)(H,70,86)(H,71,89)(H,72,88)(H,75,76)(H,77,78)(H,79,80)(H,81,82)(H,83,84)(H,90,91)(H,92,93,94)/b11-10+,15-12+,18-14+,52-19+,66-51?/t45-,46-,47-,48-,49-/m1/s1. The summed E-state index contributed by atoms with van der Waals surface area (Å²) in [5.41, 5.74) is 3.11. The number of aliphatic imine (C=N–C) groups is 1. The van der Waals surface area contributed by atoms with Crippen molar-refractivity contribution in [3.8, 4) is 0 Å². The normalized spacial score (nSPS) is 15.4. The minimum Gasteiger partial charge on any atom is -0.481 e. The van der Waals surface area contributed by atoms with Crippen LogP contribution in [0.1, 0.15) is 148 Å². The maximum absolute atomic E-state index is 14.0. The van der Waals surface area contributed by atoms with Gasteiger partial charge in [0.05, 0.1) is 16.4 Å². The van der Waals surface area contributed by atoms with E-state index in [1.807, 2.05) is 64.7 Å². The number of carboxylic acids is 5. The van der Waals surface area contributed by atoms with Crippen LogP contribution in [-0.2, 0) is 89.5 Å². The predicted molar refractivity (Wildman–Crippen MR) is 355 cm³/mol. The topological polar surface area (TPSA) is 478 Å². The zero-order valence-corrected chi connectivity index (χ0v) is 56.9. The lowest BCUT2D eigenvalue weighted by molar-refractivity contribution is -0.141. The molecule has 0 aliphatic carbocycles. The van der Waals surface area contributed by atoms with Crippen LogP contribution in [0.3, 0.4) is 0 Å². The molecule has 1 aliphatic heterocycles. The summed E-state index contributed by atoms with van der Waals surface area (Å²) < 4.78 is 61.4. The number of nitrogens with zero attached hydrogens (tertiary/aromatic N) is 2. The fourth-order valence-electron chi connectivity index (χ4n) is 10.5. The Labute approximate surface area is 565 Å². The molecule has 0 radical (unpaired) electrons. The Morgan fingerprint density at radius 2 is 1.09 bits per heavy atom. The van der Waals surface area contributed by atoms with Gasteiger partial charge in [-0.15, -0.1) is 0 Å². The molecule has 1 aliphatic rings. The molecular formula is C65H90N8O22S2. The van der Waals surface area contributed by atoms with Crippen LogP contribution in [0.5, 0.6) is 0 Å². The summed E-state index contributed by atoms with van der Waals surface area (Å²) in [5.74, 6) is -13.6. The molecule has 0 aromatic heterocycles. The third-order valence-electron chi connectivity index (χ3n) is 15.6. The third-order valence-corrected chi connectivity index (χ3v) is 17.1. The number of rotatable bonds is 44. The Morgan fingerprint density at radius 1 is 0.629 bits per heavy atom. The molecule has 0 saturated heterocycles. The predicted octanol–water partition coefficient (Wildman–Crippen LogP) is 4.37. The molecule has 0 bridgehead atoms.